The first-order chi connectivity index (χ1) is 12.7. The number of aromatic nitrogens is 2. The first-order valence-corrected chi connectivity index (χ1v) is 8.83. The molecule has 1 aromatic heterocycles. The van der Waals surface area contributed by atoms with E-state index in [0.717, 1.165) is 16.9 Å². The van der Waals surface area contributed by atoms with Crippen LogP contribution in [0.5, 0.6) is 5.75 Å². The number of hydrogen-bond donors (Lipinski definition) is 1. The summed E-state index contributed by atoms with van der Waals surface area (Å²) in [7, 11) is 0. The van der Waals surface area contributed by atoms with Gasteiger partial charge in [-0.3, -0.25) is 9.48 Å². The van der Waals surface area contributed by atoms with Crippen LogP contribution in [0.1, 0.15) is 11.1 Å². The van der Waals surface area contributed by atoms with Gasteiger partial charge in [0.05, 0.1) is 24.3 Å². The van der Waals surface area contributed by atoms with E-state index in [9.17, 15) is 4.79 Å². The van der Waals surface area contributed by atoms with Gasteiger partial charge in [0.15, 0.2) is 0 Å². The third-order valence-electron chi connectivity index (χ3n) is 4.39. The van der Waals surface area contributed by atoms with Crippen LogP contribution < -0.4 is 10.1 Å². The zero-order valence-electron chi connectivity index (χ0n) is 14.1. The molecule has 5 nitrogen and oxygen atoms in total. The fourth-order valence-corrected chi connectivity index (χ4v) is 3.26. The van der Waals surface area contributed by atoms with Crippen molar-refractivity contribution in [3.8, 4) is 5.75 Å². The summed E-state index contributed by atoms with van der Waals surface area (Å²) >= 11 is 6.04. The third kappa shape index (κ3) is 3.73. The fourth-order valence-electron chi connectivity index (χ4n) is 3.06. The summed E-state index contributed by atoms with van der Waals surface area (Å²) in [4.78, 5) is 12.6. The van der Waals surface area contributed by atoms with Crippen LogP contribution >= 0.6 is 11.6 Å². The molecule has 1 unspecified atom stereocenters. The van der Waals surface area contributed by atoms with Crippen molar-refractivity contribution in [3.63, 3.8) is 0 Å². The molecule has 4 rings (SSSR count). The minimum Gasteiger partial charge on any atom is -0.492 e. The van der Waals surface area contributed by atoms with E-state index in [4.69, 9.17) is 16.3 Å². The highest BCUT2D eigenvalue weighted by molar-refractivity contribution is 6.30. The zero-order valence-corrected chi connectivity index (χ0v) is 14.8. The number of anilines is 1. The minimum atomic E-state index is -0.251. The Morgan fingerprint density at radius 1 is 1.27 bits per heavy atom. The zero-order chi connectivity index (χ0) is 17.9. The minimum absolute atomic E-state index is 0.0742. The number of amides is 1. The second-order valence-corrected chi connectivity index (χ2v) is 6.80. The van der Waals surface area contributed by atoms with Gasteiger partial charge in [0.25, 0.3) is 0 Å². The smallest absolute Gasteiger partial charge is 0.231 e. The Hall–Kier alpha value is -2.79. The summed E-state index contributed by atoms with van der Waals surface area (Å²) < 4.78 is 7.50. The Kier molecular flexibility index (Phi) is 4.63. The largest absolute Gasteiger partial charge is 0.492 e. The average Bonchev–Trinajstić information content (AvgIpc) is 3.08. The maximum Gasteiger partial charge on any atom is 0.231 e. The van der Waals surface area contributed by atoms with E-state index in [1.165, 1.54) is 0 Å². The van der Waals surface area contributed by atoms with Gasteiger partial charge in [-0.1, -0.05) is 41.9 Å². The number of benzene rings is 2. The molecule has 0 saturated heterocycles. The predicted octanol–water partition coefficient (Wildman–Crippen LogP) is 3.77. The molecule has 3 aromatic rings. The third-order valence-corrected chi connectivity index (χ3v) is 4.62. The molecule has 0 fully saturated rings. The molecule has 1 N–H and O–H groups in total. The topological polar surface area (TPSA) is 56.2 Å². The van der Waals surface area contributed by atoms with Gasteiger partial charge in [-0.05, 0) is 35.7 Å². The standard InChI is InChI=1S/C20H18ClN3O2/c21-17-6-7-19-15(9-17)8-16(13-26-19)20(25)23-18-10-22-24(12-18)11-14-4-2-1-3-5-14/h1-7,9-10,12,16H,8,11,13H2,(H,23,25). The van der Waals surface area contributed by atoms with Crippen LogP contribution in [0.25, 0.3) is 0 Å². The van der Waals surface area contributed by atoms with E-state index in [1.807, 2.05) is 48.7 Å². The van der Waals surface area contributed by atoms with Crippen LogP contribution in [0, 0.1) is 5.92 Å². The van der Waals surface area contributed by atoms with Gasteiger partial charge in [-0.2, -0.15) is 5.10 Å². The second kappa shape index (κ2) is 7.22. The van der Waals surface area contributed by atoms with Crippen LogP contribution in [-0.2, 0) is 17.8 Å². The molecule has 0 bridgehead atoms. The molecule has 2 aromatic carbocycles. The Labute approximate surface area is 156 Å². The summed E-state index contributed by atoms with van der Waals surface area (Å²) in [6, 6.07) is 15.6. The van der Waals surface area contributed by atoms with Gasteiger partial charge in [0.2, 0.25) is 5.91 Å². The number of nitrogens with one attached hydrogen (secondary N) is 1. The van der Waals surface area contributed by atoms with Crippen molar-refractivity contribution in [2.45, 2.75) is 13.0 Å². The van der Waals surface area contributed by atoms with Gasteiger partial charge < -0.3 is 10.1 Å². The predicted molar refractivity (Wildman–Crippen MR) is 101 cm³/mol. The molecule has 0 radical (unpaired) electrons. The number of halogens is 1. The van der Waals surface area contributed by atoms with E-state index in [0.29, 0.717) is 30.3 Å². The van der Waals surface area contributed by atoms with Crippen molar-refractivity contribution in [3.05, 3.63) is 77.1 Å². The van der Waals surface area contributed by atoms with Crippen molar-refractivity contribution in [1.82, 2.24) is 9.78 Å². The van der Waals surface area contributed by atoms with E-state index < -0.39 is 0 Å². The molecule has 0 saturated carbocycles. The lowest BCUT2D eigenvalue weighted by atomic mass is 9.96. The van der Waals surface area contributed by atoms with Gasteiger partial charge in [0, 0.05) is 11.2 Å². The number of fused-ring (bicyclic) bond motifs is 1. The van der Waals surface area contributed by atoms with Crippen LogP contribution in [0.3, 0.4) is 0 Å². The Morgan fingerprint density at radius 3 is 2.96 bits per heavy atom. The van der Waals surface area contributed by atoms with Crippen molar-refractivity contribution >= 4 is 23.2 Å². The van der Waals surface area contributed by atoms with Crippen LogP contribution in [-0.4, -0.2) is 22.3 Å². The highest BCUT2D eigenvalue weighted by Gasteiger charge is 2.26. The quantitative estimate of drug-likeness (QED) is 0.763. The van der Waals surface area contributed by atoms with E-state index in [-0.39, 0.29) is 11.8 Å². The molecule has 1 amide bonds. The number of nitrogens with zero attached hydrogens (tertiary/aromatic N) is 2. The van der Waals surface area contributed by atoms with Crippen molar-refractivity contribution in [1.29, 1.82) is 0 Å². The van der Waals surface area contributed by atoms with Crippen LogP contribution in [0.15, 0.2) is 60.9 Å². The molecule has 1 aliphatic heterocycles. The Bertz CT molecular complexity index is 924. The summed E-state index contributed by atoms with van der Waals surface area (Å²) in [6.45, 7) is 1.02. The summed E-state index contributed by atoms with van der Waals surface area (Å²) in [5.41, 5.74) is 2.80. The highest BCUT2D eigenvalue weighted by atomic mass is 35.5. The monoisotopic (exact) mass is 367 g/mol. The number of carbonyl (C=O) groups excluding carboxylic acids is 1. The fraction of sp³-hybridized carbons (Fsp3) is 0.200. The molecular weight excluding hydrogens is 350 g/mol. The molecule has 1 aliphatic rings. The van der Waals surface area contributed by atoms with Crippen molar-refractivity contribution < 1.29 is 9.53 Å². The van der Waals surface area contributed by atoms with E-state index >= 15 is 0 Å². The van der Waals surface area contributed by atoms with Gasteiger partial charge in [-0.15, -0.1) is 0 Å². The summed E-state index contributed by atoms with van der Waals surface area (Å²) in [5.74, 6) is 0.474. The van der Waals surface area contributed by atoms with Crippen molar-refractivity contribution in [2.24, 2.45) is 5.92 Å². The normalized spacial score (nSPS) is 15.8. The number of carbonyl (C=O) groups is 1. The lowest BCUT2D eigenvalue weighted by Gasteiger charge is -2.24. The summed E-state index contributed by atoms with van der Waals surface area (Å²) in [5, 5.41) is 7.89. The maximum atomic E-state index is 12.6. The van der Waals surface area contributed by atoms with Crippen LogP contribution in [0.4, 0.5) is 5.69 Å². The second-order valence-electron chi connectivity index (χ2n) is 6.37. The SMILES string of the molecule is O=C(Nc1cnn(Cc2ccccc2)c1)C1COc2ccc(Cl)cc2C1. The number of hydrogen-bond acceptors (Lipinski definition) is 3. The number of ether oxygens (including phenoxy) is 1. The molecule has 26 heavy (non-hydrogen) atoms. The van der Waals surface area contributed by atoms with Crippen LogP contribution in [0.2, 0.25) is 5.02 Å². The highest BCUT2D eigenvalue weighted by Crippen LogP contribution is 2.30. The first-order valence-electron chi connectivity index (χ1n) is 8.46. The lowest BCUT2D eigenvalue weighted by molar-refractivity contribution is -0.121. The molecule has 132 valence electrons. The molecule has 0 aliphatic carbocycles. The van der Waals surface area contributed by atoms with Gasteiger partial charge >= 0.3 is 0 Å². The molecule has 6 heteroatoms. The molecule has 1 atom stereocenters. The Morgan fingerprint density at radius 2 is 2.12 bits per heavy atom. The van der Waals surface area contributed by atoms with E-state index in [2.05, 4.69) is 10.4 Å². The molecule has 0 spiro atoms. The Balaban J connectivity index is 1.39. The van der Waals surface area contributed by atoms with Gasteiger partial charge in [0.1, 0.15) is 12.4 Å². The number of rotatable bonds is 4. The molecular formula is C20H18ClN3O2. The first kappa shape index (κ1) is 16.7. The lowest BCUT2D eigenvalue weighted by Crippen LogP contribution is -2.32. The van der Waals surface area contributed by atoms with Crippen molar-refractivity contribution in [2.75, 3.05) is 11.9 Å². The van der Waals surface area contributed by atoms with E-state index in [1.54, 1.807) is 16.9 Å². The molecule has 2 heterocycles. The maximum absolute atomic E-state index is 12.6. The van der Waals surface area contributed by atoms with Gasteiger partial charge in [-0.25, -0.2) is 0 Å². The summed E-state index contributed by atoms with van der Waals surface area (Å²) in [6.07, 6.45) is 4.11. The average molecular weight is 368 g/mol.